The molecule has 5 heteroatoms. The number of methoxy groups -OCH3 is 1. The van der Waals surface area contributed by atoms with Gasteiger partial charge in [0.25, 0.3) is 0 Å². The van der Waals surface area contributed by atoms with Crippen LogP contribution < -0.4 is 5.32 Å². The Labute approximate surface area is 87.9 Å². The summed E-state index contributed by atoms with van der Waals surface area (Å²) in [4.78, 5) is 11.0. The molecule has 0 saturated carbocycles. The molecule has 14 heavy (non-hydrogen) atoms. The normalized spacial score (nSPS) is 17.1. The molecule has 0 saturated heterocycles. The summed E-state index contributed by atoms with van der Waals surface area (Å²) in [6.45, 7) is 4.93. The predicted molar refractivity (Wildman–Crippen MR) is 57.6 cm³/mol. The topological polar surface area (TPSA) is 55.4 Å². The number of hydrogen-bond acceptors (Lipinski definition) is 4. The second-order valence-corrected chi connectivity index (χ2v) is 5.19. The number of hydrogen-bond donors (Lipinski definition) is 1. The lowest BCUT2D eigenvalue weighted by Gasteiger charge is -2.12. The van der Waals surface area contributed by atoms with Gasteiger partial charge in [0.05, 0.1) is 13.0 Å². The second-order valence-electron chi connectivity index (χ2n) is 3.39. The van der Waals surface area contributed by atoms with Gasteiger partial charge in [-0.1, -0.05) is 6.92 Å². The summed E-state index contributed by atoms with van der Waals surface area (Å²) >= 11 is 0. The van der Waals surface area contributed by atoms with E-state index >= 15 is 0 Å². The Bertz CT molecular complexity index is 208. The van der Waals surface area contributed by atoms with Crippen molar-refractivity contribution in [1.29, 1.82) is 0 Å². The minimum atomic E-state index is -0.816. The molecule has 3 atom stereocenters. The molecule has 0 aromatic heterocycles. The predicted octanol–water partition coefficient (Wildman–Crippen LogP) is 0.152. The van der Waals surface area contributed by atoms with Gasteiger partial charge < -0.3 is 10.1 Å². The maximum absolute atomic E-state index is 11.0. The van der Waals surface area contributed by atoms with E-state index in [-0.39, 0.29) is 17.1 Å². The van der Waals surface area contributed by atoms with Crippen LogP contribution in [0.2, 0.25) is 0 Å². The number of rotatable bonds is 6. The standard InChI is InChI=1S/C9H19NO3S/c1-7(9(11)13-3)5-10-6-8(2)14(4)12/h7-8,10H,5-6H2,1-4H3. The van der Waals surface area contributed by atoms with Crippen molar-refractivity contribution >= 4 is 16.8 Å². The fourth-order valence-electron chi connectivity index (χ4n) is 0.905. The first-order chi connectivity index (χ1) is 6.49. The van der Waals surface area contributed by atoms with Gasteiger partial charge in [0.1, 0.15) is 0 Å². The number of carbonyl (C=O) groups excluding carboxylic acids is 1. The van der Waals surface area contributed by atoms with Gasteiger partial charge >= 0.3 is 5.97 Å². The van der Waals surface area contributed by atoms with E-state index in [2.05, 4.69) is 10.1 Å². The van der Waals surface area contributed by atoms with E-state index in [1.165, 1.54) is 7.11 Å². The molecule has 0 aromatic rings. The van der Waals surface area contributed by atoms with Gasteiger partial charge in [0.2, 0.25) is 0 Å². The molecular formula is C9H19NO3S. The van der Waals surface area contributed by atoms with Crippen molar-refractivity contribution in [2.24, 2.45) is 5.92 Å². The summed E-state index contributed by atoms with van der Waals surface area (Å²) in [6.07, 6.45) is 1.68. The monoisotopic (exact) mass is 221 g/mol. The number of carbonyl (C=O) groups is 1. The molecule has 0 aliphatic rings. The van der Waals surface area contributed by atoms with Crippen LogP contribution >= 0.6 is 0 Å². The minimum Gasteiger partial charge on any atom is -0.469 e. The highest BCUT2D eigenvalue weighted by atomic mass is 32.2. The van der Waals surface area contributed by atoms with Crippen molar-refractivity contribution in [3.05, 3.63) is 0 Å². The van der Waals surface area contributed by atoms with Gasteiger partial charge in [0.15, 0.2) is 0 Å². The summed E-state index contributed by atoms with van der Waals surface area (Å²) in [7, 11) is 0.561. The molecule has 4 nitrogen and oxygen atoms in total. The Morgan fingerprint density at radius 2 is 2.00 bits per heavy atom. The van der Waals surface area contributed by atoms with E-state index in [4.69, 9.17) is 0 Å². The van der Waals surface area contributed by atoms with Crippen LogP contribution in [0.25, 0.3) is 0 Å². The highest BCUT2D eigenvalue weighted by Gasteiger charge is 2.13. The summed E-state index contributed by atoms with van der Waals surface area (Å²) in [5, 5.41) is 3.20. The number of ether oxygens (including phenoxy) is 1. The van der Waals surface area contributed by atoms with Crippen molar-refractivity contribution < 1.29 is 13.7 Å². The van der Waals surface area contributed by atoms with E-state index in [9.17, 15) is 9.00 Å². The lowest BCUT2D eigenvalue weighted by atomic mass is 10.2. The van der Waals surface area contributed by atoms with E-state index in [1.807, 2.05) is 6.92 Å². The molecule has 0 amide bonds. The minimum absolute atomic E-state index is 0.111. The van der Waals surface area contributed by atoms with Crippen LogP contribution in [-0.2, 0) is 20.3 Å². The van der Waals surface area contributed by atoms with Gasteiger partial charge in [-0.2, -0.15) is 0 Å². The Kier molecular flexibility index (Phi) is 6.74. The Hall–Kier alpha value is -0.420. The maximum Gasteiger partial charge on any atom is 0.309 e. The third kappa shape index (κ3) is 5.34. The Morgan fingerprint density at radius 3 is 2.43 bits per heavy atom. The molecule has 3 unspecified atom stereocenters. The van der Waals surface area contributed by atoms with E-state index in [0.717, 1.165) is 0 Å². The van der Waals surface area contributed by atoms with Crippen molar-refractivity contribution in [2.45, 2.75) is 19.1 Å². The van der Waals surface area contributed by atoms with Crippen LogP contribution in [0.1, 0.15) is 13.8 Å². The van der Waals surface area contributed by atoms with E-state index < -0.39 is 10.8 Å². The zero-order chi connectivity index (χ0) is 11.1. The smallest absolute Gasteiger partial charge is 0.309 e. The van der Waals surface area contributed by atoms with Crippen LogP contribution in [0.3, 0.4) is 0 Å². The molecule has 0 rings (SSSR count). The third-order valence-corrected chi connectivity index (χ3v) is 3.35. The summed E-state index contributed by atoms with van der Waals surface area (Å²) in [6, 6.07) is 0. The van der Waals surface area contributed by atoms with Gasteiger partial charge in [-0.3, -0.25) is 9.00 Å². The molecule has 0 aliphatic carbocycles. The number of esters is 1. The molecule has 0 spiro atoms. The maximum atomic E-state index is 11.0. The average Bonchev–Trinajstić information content (AvgIpc) is 2.15. The van der Waals surface area contributed by atoms with Gasteiger partial charge in [-0.25, -0.2) is 0 Å². The van der Waals surface area contributed by atoms with Crippen molar-refractivity contribution in [2.75, 3.05) is 26.5 Å². The SMILES string of the molecule is COC(=O)C(C)CNCC(C)S(C)=O. The molecular weight excluding hydrogens is 202 g/mol. The number of nitrogens with one attached hydrogen (secondary N) is 1. The molecule has 0 fully saturated rings. The van der Waals surface area contributed by atoms with Crippen LogP contribution in [-0.4, -0.2) is 41.9 Å². The molecule has 0 aromatic carbocycles. The lowest BCUT2D eigenvalue weighted by Crippen LogP contribution is -2.33. The molecule has 1 N–H and O–H groups in total. The largest absolute Gasteiger partial charge is 0.469 e. The average molecular weight is 221 g/mol. The molecule has 0 aliphatic heterocycles. The van der Waals surface area contributed by atoms with Crippen LogP contribution in [0.4, 0.5) is 0 Å². The fourth-order valence-corrected chi connectivity index (χ4v) is 1.26. The van der Waals surface area contributed by atoms with Crippen molar-refractivity contribution in [3.63, 3.8) is 0 Å². The highest BCUT2D eigenvalue weighted by molar-refractivity contribution is 7.84. The van der Waals surface area contributed by atoms with Gasteiger partial charge in [-0.05, 0) is 6.92 Å². The van der Waals surface area contributed by atoms with Gasteiger partial charge in [0, 0.05) is 35.4 Å². The summed E-state index contributed by atoms with van der Waals surface area (Å²) < 4.78 is 15.6. The lowest BCUT2D eigenvalue weighted by molar-refractivity contribution is -0.144. The highest BCUT2D eigenvalue weighted by Crippen LogP contribution is 1.96. The molecule has 0 radical (unpaired) electrons. The van der Waals surface area contributed by atoms with E-state index in [0.29, 0.717) is 13.1 Å². The fraction of sp³-hybridized carbons (Fsp3) is 0.889. The van der Waals surface area contributed by atoms with Crippen LogP contribution in [0, 0.1) is 5.92 Å². The summed E-state index contributed by atoms with van der Waals surface area (Å²) in [5.74, 6) is -0.375. The first-order valence-electron chi connectivity index (χ1n) is 4.59. The summed E-state index contributed by atoms with van der Waals surface area (Å²) in [5.41, 5.74) is 0. The molecule has 0 heterocycles. The quantitative estimate of drug-likeness (QED) is 0.649. The van der Waals surface area contributed by atoms with Crippen LogP contribution in [0.5, 0.6) is 0 Å². The van der Waals surface area contributed by atoms with E-state index in [1.54, 1.807) is 13.2 Å². The zero-order valence-corrected chi connectivity index (χ0v) is 10.0. The Balaban J connectivity index is 3.64. The Morgan fingerprint density at radius 1 is 1.43 bits per heavy atom. The van der Waals surface area contributed by atoms with Crippen molar-refractivity contribution in [3.8, 4) is 0 Å². The zero-order valence-electron chi connectivity index (χ0n) is 9.20. The molecule has 84 valence electrons. The molecule has 0 bridgehead atoms. The first kappa shape index (κ1) is 13.6. The van der Waals surface area contributed by atoms with Crippen molar-refractivity contribution in [1.82, 2.24) is 5.32 Å². The second kappa shape index (κ2) is 6.95. The van der Waals surface area contributed by atoms with Crippen LogP contribution in [0.15, 0.2) is 0 Å². The first-order valence-corrected chi connectivity index (χ1v) is 6.22. The van der Waals surface area contributed by atoms with Gasteiger partial charge in [-0.15, -0.1) is 0 Å². The third-order valence-electron chi connectivity index (χ3n) is 2.05.